The fraction of sp³-hybridized carbons (Fsp3) is 0.722. The average molecular weight is 353 g/mol. The molecule has 0 bridgehead atoms. The number of carbonyl (C=O) groups is 3. The number of likely N-dealkylation sites (tertiary alicyclic amines) is 1. The highest BCUT2D eigenvalue weighted by Gasteiger charge is 2.30. The lowest BCUT2D eigenvalue weighted by Crippen LogP contribution is -2.44. The third kappa shape index (κ3) is 5.85. The average Bonchev–Trinajstić information content (AvgIpc) is 3.04. The van der Waals surface area contributed by atoms with Crippen molar-refractivity contribution in [3.63, 3.8) is 0 Å². The Balaban J connectivity index is 2.88. The molecule has 2 atom stereocenters. The summed E-state index contributed by atoms with van der Waals surface area (Å²) in [6.45, 7) is 7.03. The number of hydrogen-bond acceptors (Lipinski definition) is 4. The summed E-state index contributed by atoms with van der Waals surface area (Å²) in [6.07, 6.45) is 4.30. The summed E-state index contributed by atoms with van der Waals surface area (Å²) >= 11 is 0. The van der Waals surface area contributed by atoms with Gasteiger partial charge in [-0.3, -0.25) is 14.4 Å². The second kappa shape index (κ2) is 10.2. The number of amides is 3. The number of hydrogen-bond donors (Lipinski definition) is 1. The summed E-state index contributed by atoms with van der Waals surface area (Å²) in [5.41, 5.74) is 0.629. The fourth-order valence-electron chi connectivity index (χ4n) is 3.19. The Labute approximate surface area is 150 Å². The van der Waals surface area contributed by atoms with E-state index < -0.39 is 0 Å². The van der Waals surface area contributed by atoms with Gasteiger partial charge in [0.15, 0.2) is 0 Å². The molecule has 1 rings (SSSR count). The zero-order valence-electron chi connectivity index (χ0n) is 15.9. The molecule has 25 heavy (non-hydrogen) atoms. The van der Waals surface area contributed by atoms with Gasteiger partial charge in [0, 0.05) is 26.3 Å². The Bertz CT molecular complexity index is 505. The smallest absolute Gasteiger partial charge is 0.249 e. The van der Waals surface area contributed by atoms with Crippen molar-refractivity contribution < 1.29 is 19.1 Å². The first-order valence-electron chi connectivity index (χ1n) is 8.74. The van der Waals surface area contributed by atoms with Gasteiger partial charge in [0.2, 0.25) is 18.2 Å². The molecule has 0 aliphatic carbocycles. The van der Waals surface area contributed by atoms with E-state index in [-0.39, 0.29) is 36.4 Å². The highest BCUT2D eigenvalue weighted by Crippen LogP contribution is 2.21. The summed E-state index contributed by atoms with van der Waals surface area (Å²) in [6, 6.07) is -0.0946. The molecule has 0 aromatic heterocycles. The number of ether oxygens (including phenoxy) is 1. The molecule has 7 nitrogen and oxygen atoms in total. The number of likely N-dealkylation sites (N-methyl/N-ethyl adjacent to an activating group) is 1. The van der Waals surface area contributed by atoms with Crippen molar-refractivity contribution in [1.29, 1.82) is 0 Å². The van der Waals surface area contributed by atoms with E-state index in [4.69, 9.17) is 4.74 Å². The van der Waals surface area contributed by atoms with Crippen LogP contribution < -0.4 is 5.32 Å². The summed E-state index contributed by atoms with van der Waals surface area (Å²) in [4.78, 5) is 38.8. The highest BCUT2D eigenvalue weighted by atomic mass is 16.5. The topological polar surface area (TPSA) is 79.0 Å². The molecule has 1 heterocycles. The van der Waals surface area contributed by atoms with Gasteiger partial charge >= 0.3 is 0 Å². The Hall–Kier alpha value is -1.89. The van der Waals surface area contributed by atoms with Crippen LogP contribution in [0.4, 0.5) is 0 Å². The Kier molecular flexibility index (Phi) is 8.61. The van der Waals surface area contributed by atoms with Crippen molar-refractivity contribution in [1.82, 2.24) is 15.1 Å². The van der Waals surface area contributed by atoms with E-state index in [0.717, 1.165) is 19.4 Å². The van der Waals surface area contributed by atoms with Crippen LogP contribution in [0.15, 0.2) is 11.6 Å². The van der Waals surface area contributed by atoms with Gasteiger partial charge in [-0.15, -0.1) is 0 Å². The van der Waals surface area contributed by atoms with Crippen LogP contribution in [0, 0.1) is 5.92 Å². The Morgan fingerprint density at radius 2 is 2.08 bits per heavy atom. The van der Waals surface area contributed by atoms with Crippen LogP contribution in [0.3, 0.4) is 0 Å². The van der Waals surface area contributed by atoms with Gasteiger partial charge in [-0.2, -0.15) is 0 Å². The molecule has 3 amide bonds. The first kappa shape index (κ1) is 21.2. The van der Waals surface area contributed by atoms with Crippen molar-refractivity contribution in [2.75, 3.05) is 33.9 Å². The number of carbonyl (C=O) groups excluding carboxylic acids is 3. The first-order chi connectivity index (χ1) is 11.8. The number of nitrogens with one attached hydrogen (secondary N) is 1. The van der Waals surface area contributed by atoms with Gasteiger partial charge in [-0.05, 0) is 25.7 Å². The monoisotopic (exact) mass is 353 g/mol. The van der Waals surface area contributed by atoms with Crippen LogP contribution in [0.1, 0.15) is 33.6 Å². The third-order valence-electron chi connectivity index (χ3n) is 4.62. The number of methoxy groups -OCH3 is 1. The third-order valence-corrected chi connectivity index (χ3v) is 4.62. The maximum absolute atomic E-state index is 12.8. The summed E-state index contributed by atoms with van der Waals surface area (Å²) in [7, 11) is 3.34. The van der Waals surface area contributed by atoms with E-state index in [0.29, 0.717) is 18.6 Å². The summed E-state index contributed by atoms with van der Waals surface area (Å²) in [5.74, 6) is -0.0564. The molecule has 1 fully saturated rings. The number of rotatable bonds is 9. The van der Waals surface area contributed by atoms with E-state index in [1.54, 1.807) is 26.0 Å². The first-order valence-corrected chi connectivity index (χ1v) is 8.74. The van der Waals surface area contributed by atoms with Gasteiger partial charge in [0.25, 0.3) is 0 Å². The second-order valence-electron chi connectivity index (χ2n) is 6.84. The zero-order chi connectivity index (χ0) is 19.0. The Morgan fingerprint density at radius 1 is 1.40 bits per heavy atom. The van der Waals surface area contributed by atoms with Crippen LogP contribution in [0.25, 0.3) is 0 Å². The molecule has 142 valence electrons. The molecule has 0 aromatic carbocycles. The second-order valence-corrected chi connectivity index (χ2v) is 6.84. The molecule has 7 heteroatoms. The van der Waals surface area contributed by atoms with Gasteiger partial charge < -0.3 is 19.9 Å². The molecule has 1 aliphatic rings. The fourth-order valence-corrected chi connectivity index (χ4v) is 3.19. The minimum Gasteiger partial charge on any atom is -0.383 e. The number of nitrogens with zero attached hydrogens (tertiary/aromatic N) is 2. The lowest BCUT2D eigenvalue weighted by Gasteiger charge is -2.30. The molecule has 0 saturated carbocycles. The molecule has 0 aromatic rings. The zero-order valence-corrected chi connectivity index (χ0v) is 15.9. The van der Waals surface area contributed by atoms with E-state index >= 15 is 0 Å². The predicted molar refractivity (Wildman–Crippen MR) is 95.8 cm³/mol. The van der Waals surface area contributed by atoms with Gasteiger partial charge in [-0.1, -0.05) is 19.9 Å². The van der Waals surface area contributed by atoms with Gasteiger partial charge in [-0.25, -0.2) is 0 Å². The quantitative estimate of drug-likeness (QED) is 0.491. The normalized spacial score (nSPS) is 19.0. The minimum absolute atomic E-state index is 0.00272. The lowest BCUT2D eigenvalue weighted by atomic mass is 9.99. The lowest BCUT2D eigenvalue weighted by molar-refractivity contribution is -0.132. The standard InChI is InChI=1S/C18H31N3O4/c1-13(2)16(20(4)17(23)10-19-12-22)9-14(3)18(24)21-8-6-7-15(21)11-25-5/h9,12-13,15-16H,6-8,10-11H2,1-5H3,(H,19,22)/b14-9+/t15-,16+/m0/s1. The van der Waals surface area contributed by atoms with Crippen LogP contribution in [0.2, 0.25) is 0 Å². The van der Waals surface area contributed by atoms with Crippen molar-refractivity contribution >= 4 is 18.2 Å². The van der Waals surface area contributed by atoms with Gasteiger partial charge in [0.1, 0.15) is 0 Å². The van der Waals surface area contributed by atoms with E-state index in [2.05, 4.69) is 5.32 Å². The van der Waals surface area contributed by atoms with Crippen LogP contribution in [0.5, 0.6) is 0 Å². The minimum atomic E-state index is -0.214. The molecule has 1 N–H and O–H groups in total. The van der Waals surface area contributed by atoms with E-state index in [9.17, 15) is 14.4 Å². The van der Waals surface area contributed by atoms with E-state index in [1.807, 2.05) is 24.8 Å². The molecule has 0 radical (unpaired) electrons. The molecular formula is C18H31N3O4. The summed E-state index contributed by atoms with van der Waals surface area (Å²) < 4.78 is 5.21. The van der Waals surface area contributed by atoms with Crippen molar-refractivity contribution in [2.24, 2.45) is 5.92 Å². The van der Waals surface area contributed by atoms with Crippen molar-refractivity contribution in [3.05, 3.63) is 11.6 Å². The summed E-state index contributed by atoms with van der Waals surface area (Å²) in [5, 5.41) is 2.38. The Morgan fingerprint density at radius 3 is 2.64 bits per heavy atom. The van der Waals surface area contributed by atoms with Crippen LogP contribution in [-0.4, -0.2) is 74.0 Å². The van der Waals surface area contributed by atoms with Gasteiger partial charge in [0.05, 0.1) is 25.2 Å². The van der Waals surface area contributed by atoms with Crippen molar-refractivity contribution in [2.45, 2.75) is 45.7 Å². The molecule has 0 unspecified atom stereocenters. The van der Waals surface area contributed by atoms with Crippen LogP contribution in [-0.2, 0) is 19.1 Å². The molecule has 1 aliphatic heterocycles. The molecule has 1 saturated heterocycles. The SMILES string of the molecule is COC[C@@H]1CCCN1C(=O)/C(C)=C/[C@H](C(C)C)N(C)C(=O)CNC=O. The maximum Gasteiger partial charge on any atom is 0.249 e. The molecule has 0 spiro atoms. The molecular weight excluding hydrogens is 322 g/mol. The maximum atomic E-state index is 12.8. The van der Waals surface area contributed by atoms with E-state index in [1.165, 1.54) is 0 Å². The van der Waals surface area contributed by atoms with Crippen molar-refractivity contribution in [3.8, 4) is 0 Å². The highest BCUT2D eigenvalue weighted by molar-refractivity contribution is 5.93. The van der Waals surface area contributed by atoms with Crippen LogP contribution >= 0.6 is 0 Å². The largest absolute Gasteiger partial charge is 0.383 e. The predicted octanol–water partition coefficient (Wildman–Crippen LogP) is 0.799.